The van der Waals surface area contributed by atoms with Gasteiger partial charge in [-0.15, -0.1) is 0 Å². The second-order valence-electron chi connectivity index (χ2n) is 5.76. The molecule has 1 N–H and O–H groups in total. The summed E-state index contributed by atoms with van der Waals surface area (Å²) >= 11 is 0. The molecule has 0 unspecified atom stereocenters. The van der Waals surface area contributed by atoms with Gasteiger partial charge < -0.3 is 4.90 Å². The molecule has 0 aliphatic carbocycles. The van der Waals surface area contributed by atoms with Crippen LogP contribution in [-0.4, -0.2) is 28.2 Å². The van der Waals surface area contributed by atoms with Crippen LogP contribution < -0.4 is 9.73 Å². The molecule has 0 saturated carbocycles. The first kappa shape index (κ1) is 18.0. The zero-order valence-corrected chi connectivity index (χ0v) is 15.3. The molecule has 0 amide bonds. The van der Waals surface area contributed by atoms with Crippen LogP contribution in [0.5, 0.6) is 0 Å². The van der Waals surface area contributed by atoms with Crippen molar-refractivity contribution >= 4 is 21.4 Å². The van der Waals surface area contributed by atoms with Gasteiger partial charge in [-0.05, 0) is 43.2 Å². The van der Waals surface area contributed by atoms with Crippen molar-refractivity contribution in [2.24, 2.45) is 5.10 Å². The predicted octanol–water partition coefficient (Wildman–Crippen LogP) is 3.15. The minimum absolute atomic E-state index is 0.204. The molecule has 0 heterocycles. The molecule has 0 saturated heterocycles. The number of nitrogens with one attached hydrogen (secondary N) is 1. The van der Waals surface area contributed by atoms with Gasteiger partial charge in [0.2, 0.25) is 0 Å². The maximum atomic E-state index is 12.3. The van der Waals surface area contributed by atoms with Crippen molar-refractivity contribution < 1.29 is 8.42 Å². The first-order valence-electron chi connectivity index (χ1n) is 7.76. The van der Waals surface area contributed by atoms with Gasteiger partial charge >= 0.3 is 0 Å². The molecule has 6 heteroatoms. The second-order valence-corrected chi connectivity index (χ2v) is 7.42. The number of anilines is 1. The smallest absolute Gasteiger partial charge is 0.276 e. The van der Waals surface area contributed by atoms with Crippen LogP contribution >= 0.6 is 0 Å². The van der Waals surface area contributed by atoms with Crippen molar-refractivity contribution in [1.29, 1.82) is 0 Å². The van der Waals surface area contributed by atoms with Crippen LogP contribution in [0.2, 0.25) is 0 Å². The molecule has 0 aliphatic heterocycles. The summed E-state index contributed by atoms with van der Waals surface area (Å²) in [5.41, 5.74) is 3.67. The van der Waals surface area contributed by atoms with Crippen molar-refractivity contribution in [2.45, 2.75) is 25.2 Å². The molecular formula is C18H23N3O2S. The summed E-state index contributed by atoms with van der Waals surface area (Å²) in [4.78, 5) is 4.54. The highest BCUT2D eigenvalue weighted by molar-refractivity contribution is 7.89. The molecule has 0 spiro atoms. The lowest BCUT2D eigenvalue weighted by Gasteiger charge is -2.13. The molecule has 0 aromatic heterocycles. The topological polar surface area (TPSA) is 61.8 Å². The molecule has 2 rings (SSSR count). The largest absolute Gasteiger partial charge is 0.378 e. The van der Waals surface area contributed by atoms with Gasteiger partial charge in [-0.25, -0.2) is 0 Å². The highest BCUT2D eigenvalue weighted by Gasteiger charge is 2.13. The lowest BCUT2D eigenvalue weighted by atomic mass is 10.1. The Balaban J connectivity index is 2.22. The first-order chi connectivity index (χ1) is 11.3. The predicted molar refractivity (Wildman–Crippen MR) is 99.1 cm³/mol. The van der Waals surface area contributed by atoms with Gasteiger partial charge in [-0.3, -0.25) is 0 Å². The average Bonchev–Trinajstić information content (AvgIpc) is 2.56. The van der Waals surface area contributed by atoms with Gasteiger partial charge in [-0.2, -0.15) is 18.4 Å². The van der Waals surface area contributed by atoms with Crippen molar-refractivity contribution in [3.63, 3.8) is 0 Å². The van der Waals surface area contributed by atoms with Crippen LogP contribution in [0.4, 0.5) is 5.69 Å². The van der Waals surface area contributed by atoms with Crippen molar-refractivity contribution in [2.75, 3.05) is 19.0 Å². The molecule has 0 aliphatic rings. The fourth-order valence-corrected chi connectivity index (χ4v) is 3.02. The van der Waals surface area contributed by atoms with E-state index in [0.717, 1.165) is 16.8 Å². The van der Waals surface area contributed by atoms with Gasteiger partial charge in [0.1, 0.15) is 0 Å². The number of aryl methyl sites for hydroxylation is 1. The third-order valence-electron chi connectivity index (χ3n) is 3.68. The van der Waals surface area contributed by atoms with Gasteiger partial charge in [0.05, 0.1) is 10.6 Å². The summed E-state index contributed by atoms with van der Waals surface area (Å²) in [5, 5.41) is 4.12. The molecule has 128 valence electrons. The van der Waals surface area contributed by atoms with Gasteiger partial charge in [0.15, 0.2) is 0 Å². The van der Waals surface area contributed by atoms with E-state index in [4.69, 9.17) is 0 Å². The Hall–Kier alpha value is -2.34. The number of nitrogens with zero attached hydrogens (tertiary/aromatic N) is 2. The lowest BCUT2D eigenvalue weighted by molar-refractivity contribution is 0.584. The SMILES string of the molecule is CC/C(=N\NS(=O)(=O)c1ccc(C)cc1)c1ccc(N(C)C)cc1. The Labute approximate surface area is 144 Å². The van der Waals surface area contributed by atoms with Crippen molar-refractivity contribution in [3.05, 3.63) is 59.7 Å². The summed E-state index contributed by atoms with van der Waals surface area (Å²) in [5.74, 6) is 0. The maximum absolute atomic E-state index is 12.3. The standard InChI is InChI=1S/C18H23N3O2S/c1-5-18(15-8-10-16(11-9-15)21(3)4)19-20-24(22,23)17-12-6-14(2)7-13-17/h6-13,20H,5H2,1-4H3/b19-18+. The lowest BCUT2D eigenvalue weighted by Crippen LogP contribution is -2.20. The van der Waals surface area contributed by atoms with Gasteiger partial charge in [-0.1, -0.05) is 36.8 Å². The minimum atomic E-state index is -3.66. The van der Waals surface area contributed by atoms with E-state index in [-0.39, 0.29) is 4.90 Å². The first-order valence-corrected chi connectivity index (χ1v) is 9.24. The molecule has 2 aromatic rings. The highest BCUT2D eigenvalue weighted by Crippen LogP contribution is 2.14. The van der Waals surface area contributed by atoms with E-state index < -0.39 is 10.0 Å². The number of rotatable bonds is 6. The third kappa shape index (κ3) is 4.35. The van der Waals surface area contributed by atoms with E-state index in [1.165, 1.54) is 0 Å². The van der Waals surface area contributed by atoms with E-state index in [1.807, 2.05) is 57.1 Å². The molecule has 0 fully saturated rings. The van der Waals surface area contributed by atoms with Crippen LogP contribution in [0.3, 0.4) is 0 Å². The van der Waals surface area contributed by atoms with E-state index in [2.05, 4.69) is 9.93 Å². The van der Waals surface area contributed by atoms with Crippen LogP contribution in [0.15, 0.2) is 58.5 Å². The maximum Gasteiger partial charge on any atom is 0.276 e. The monoisotopic (exact) mass is 345 g/mol. The fourth-order valence-electron chi connectivity index (χ4n) is 2.19. The second kappa shape index (κ2) is 7.49. The number of benzene rings is 2. The van der Waals surface area contributed by atoms with E-state index in [0.29, 0.717) is 12.1 Å². The van der Waals surface area contributed by atoms with Crippen LogP contribution in [0.1, 0.15) is 24.5 Å². The molecule has 5 nitrogen and oxygen atoms in total. The van der Waals surface area contributed by atoms with Crippen molar-refractivity contribution in [1.82, 2.24) is 4.83 Å². The zero-order valence-electron chi connectivity index (χ0n) is 14.4. The fraction of sp³-hybridized carbons (Fsp3) is 0.278. The Kier molecular flexibility index (Phi) is 5.62. The van der Waals surface area contributed by atoms with Crippen molar-refractivity contribution in [3.8, 4) is 0 Å². The Morgan fingerprint density at radius 3 is 2.12 bits per heavy atom. The summed E-state index contributed by atoms with van der Waals surface area (Å²) in [6, 6.07) is 14.5. The summed E-state index contributed by atoms with van der Waals surface area (Å²) < 4.78 is 24.6. The molecular weight excluding hydrogens is 322 g/mol. The summed E-state index contributed by atoms with van der Waals surface area (Å²) in [6.07, 6.45) is 0.623. The average molecular weight is 345 g/mol. The summed E-state index contributed by atoms with van der Waals surface area (Å²) in [6.45, 7) is 3.85. The molecule has 2 aromatic carbocycles. The molecule has 0 bridgehead atoms. The Morgan fingerprint density at radius 2 is 1.62 bits per heavy atom. The highest BCUT2D eigenvalue weighted by atomic mass is 32.2. The Bertz CT molecular complexity index is 808. The third-order valence-corrected chi connectivity index (χ3v) is 4.91. The van der Waals surface area contributed by atoms with Crippen LogP contribution in [0.25, 0.3) is 0 Å². The molecule has 24 heavy (non-hydrogen) atoms. The van der Waals surface area contributed by atoms with E-state index >= 15 is 0 Å². The normalized spacial score (nSPS) is 12.1. The van der Waals surface area contributed by atoms with Gasteiger partial charge in [0.25, 0.3) is 10.0 Å². The summed E-state index contributed by atoms with van der Waals surface area (Å²) in [7, 11) is 0.286. The minimum Gasteiger partial charge on any atom is -0.378 e. The van der Waals surface area contributed by atoms with E-state index in [1.54, 1.807) is 24.3 Å². The number of sulfonamides is 1. The zero-order chi connectivity index (χ0) is 17.7. The van der Waals surface area contributed by atoms with Crippen LogP contribution in [-0.2, 0) is 10.0 Å². The number of hydrogen-bond acceptors (Lipinski definition) is 4. The van der Waals surface area contributed by atoms with Crippen LogP contribution in [0, 0.1) is 6.92 Å². The quantitative estimate of drug-likeness (QED) is 0.646. The Morgan fingerprint density at radius 1 is 1.04 bits per heavy atom. The molecule has 0 radical (unpaired) electrons. The van der Waals surface area contributed by atoms with Gasteiger partial charge in [0, 0.05) is 19.8 Å². The molecule has 0 atom stereocenters. The van der Waals surface area contributed by atoms with E-state index in [9.17, 15) is 8.42 Å². The number of hydrazone groups is 1. The number of hydrogen-bond donors (Lipinski definition) is 1.